The topological polar surface area (TPSA) is 59.1 Å². The Morgan fingerprint density at radius 3 is 2.21 bits per heavy atom. The van der Waals surface area contributed by atoms with Gasteiger partial charge in [0, 0.05) is 31.7 Å². The van der Waals surface area contributed by atoms with E-state index in [2.05, 4.69) is 0 Å². The fourth-order valence-electron chi connectivity index (χ4n) is 3.19. The second kappa shape index (κ2) is 8.73. The predicted octanol–water partition coefficient (Wildman–Crippen LogP) is 2.83. The molecule has 1 fully saturated rings. The maximum absolute atomic E-state index is 13.9. The number of benzene rings is 2. The lowest BCUT2D eigenvalue weighted by atomic mass is 10.1. The molecule has 0 aromatic heterocycles. The van der Waals surface area contributed by atoms with Gasteiger partial charge in [0.2, 0.25) is 0 Å². The third-order valence-electron chi connectivity index (χ3n) is 4.67. The molecule has 1 heterocycles. The van der Waals surface area contributed by atoms with Crippen LogP contribution in [0.1, 0.15) is 27.6 Å². The van der Waals surface area contributed by atoms with E-state index in [4.69, 9.17) is 9.47 Å². The van der Waals surface area contributed by atoms with Crippen molar-refractivity contribution >= 4 is 11.8 Å². The number of hydrogen-bond acceptors (Lipinski definition) is 4. The molecule has 0 atom stereocenters. The van der Waals surface area contributed by atoms with Gasteiger partial charge in [-0.2, -0.15) is 0 Å². The number of nitrogens with zero attached hydrogens (tertiary/aromatic N) is 2. The molecule has 1 aliphatic heterocycles. The van der Waals surface area contributed by atoms with Gasteiger partial charge in [-0.15, -0.1) is 0 Å². The van der Waals surface area contributed by atoms with Crippen LogP contribution in [0.25, 0.3) is 0 Å². The van der Waals surface area contributed by atoms with E-state index in [-0.39, 0.29) is 23.1 Å². The van der Waals surface area contributed by atoms with E-state index in [1.54, 1.807) is 34.1 Å². The summed E-state index contributed by atoms with van der Waals surface area (Å²) in [6, 6.07) is 11.3. The Hall–Kier alpha value is -3.09. The Balaban J connectivity index is 1.65. The minimum atomic E-state index is -0.574. The van der Waals surface area contributed by atoms with Crippen LogP contribution in [-0.4, -0.2) is 61.5 Å². The lowest BCUT2D eigenvalue weighted by Crippen LogP contribution is -2.50. The summed E-state index contributed by atoms with van der Waals surface area (Å²) in [6.07, 6.45) is 0. The van der Waals surface area contributed by atoms with Crippen LogP contribution in [0.5, 0.6) is 11.5 Å². The van der Waals surface area contributed by atoms with Gasteiger partial charge in [-0.05, 0) is 37.3 Å². The molecule has 7 heteroatoms. The van der Waals surface area contributed by atoms with Crippen LogP contribution in [0.3, 0.4) is 0 Å². The summed E-state index contributed by atoms with van der Waals surface area (Å²) in [5.74, 6) is -0.299. The first-order chi connectivity index (χ1) is 13.5. The van der Waals surface area contributed by atoms with Crippen molar-refractivity contribution in [3.8, 4) is 11.5 Å². The van der Waals surface area contributed by atoms with E-state index in [1.807, 2.05) is 13.0 Å². The van der Waals surface area contributed by atoms with E-state index in [0.29, 0.717) is 44.1 Å². The average Bonchev–Trinajstić information content (AvgIpc) is 2.73. The quantitative estimate of drug-likeness (QED) is 0.793. The Morgan fingerprint density at radius 2 is 1.61 bits per heavy atom. The smallest absolute Gasteiger partial charge is 0.257 e. The summed E-state index contributed by atoms with van der Waals surface area (Å²) in [5, 5.41) is 0. The number of ether oxygens (including phenoxy) is 2. The molecule has 0 radical (unpaired) electrons. The summed E-state index contributed by atoms with van der Waals surface area (Å²) in [4.78, 5) is 28.8. The number of rotatable bonds is 5. The molecular formula is C21H23FN2O4. The standard InChI is InChI=1S/C21H23FN2O4/c1-3-28-18-7-5-4-6-16(18)21(26)24-12-10-23(11-13-24)20(25)15-8-9-19(27-2)17(22)14-15/h4-9,14H,3,10-13H2,1-2H3. The zero-order chi connectivity index (χ0) is 20.1. The lowest BCUT2D eigenvalue weighted by Gasteiger charge is -2.35. The molecule has 3 rings (SSSR count). The summed E-state index contributed by atoms with van der Waals surface area (Å²) in [5.41, 5.74) is 0.779. The maximum Gasteiger partial charge on any atom is 0.257 e. The number of halogens is 1. The molecule has 0 aliphatic carbocycles. The van der Waals surface area contributed by atoms with E-state index in [1.165, 1.54) is 19.2 Å². The van der Waals surface area contributed by atoms with Crippen LogP contribution < -0.4 is 9.47 Å². The van der Waals surface area contributed by atoms with Crippen molar-refractivity contribution in [3.05, 3.63) is 59.4 Å². The highest BCUT2D eigenvalue weighted by Gasteiger charge is 2.27. The second-order valence-electron chi connectivity index (χ2n) is 6.36. The third kappa shape index (κ3) is 4.08. The van der Waals surface area contributed by atoms with Crippen LogP contribution in [0, 0.1) is 5.82 Å². The molecule has 148 valence electrons. The molecule has 1 aliphatic rings. The normalized spacial score (nSPS) is 14.0. The fraction of sp³-hybridized carbons (Fsp3) is 0.333. The molecule has 2 amide bonds. The van der Waals surface area contributed by atoms with E-state index >= 15 is 0 Å². The van der Waals surface area contributed by atoms with Gasteiger partial charge in [-0.25, -0.2) is 4.39 Å². The third-order valence-corrected chi connectivity index (χ3v) is 4.67. The van der Waals surface area contributed by atoms with Crippen molar-refractivity contribution in [2.75, 3.05) is 39.9 Å². The largest absolute Gasteiger partial charge is 0.494 e. The number of methoxy groups -OCH3 is 1. The van der Waals surface area contributed by atoms with Gasteiger partial charge in [-0.1, -0.05) is 12.1 Å². The zero-order valence-corrected chi connectivity index (χ0v) is 16.0. The average molecular weight is 386 g/mol. The minimum absolute atomic E-state index is 0.0972. The van der Waals surface area contributed by atoms with Crippen LogP contribution in [0.4, 0.5) is 4.39 Å². The minimum Gasteiger partial charge on any atom is -0.494 e. The first-order valence-corrected chi connectivity index (χ1v) is 9.19. The van der Waals surface area contributed by atoms with E-state index < -0.39 is 5.82 Å². The van der Waals surface area contributed by atoms with Crippen molar-refractivity contribution in [1.82, 2.24) is 9.80 Å². The monoisotopic (exact) mass is 386 g/mol. The van der Waals surface area contributed by atoms with E-state index in [9.17, 15) is 14.0 Å². The second-order valence-corrected chi connectivity index (χ2v) is 6.36. The molecule has 1 saturated heterocycles. The van der Waals surface area contributed by atoms with Crippen LogP contribution in [0.15, 0.2) is 42.5 Å². The molecular weight excluding hydrogens is 363 g/mol. The summed E-state index contributed by atoms with van der Waals surface area (Å²) >= 11 is 0. The van der Waals surface area contributed by atoms with Crippen molar-refractivity contribution in [2.45, 2.75) is 6.92 Å². The highest BCUT2D eigenvalue weighted by atomic mass is 19.1. The molecule has 6 nitrogen and oxygen atoms in total. The van der Waals surface area contributed by atoms with Crippen molar-refractivity contribution in [2.24, 2.45) is 0 Å². The molecule has 28 heavy (non-hydrogen) atoms. The number of amides is 2. The number of hydrogen-bond donors (Lipinski definition) is 0. The molecule has 2 aromatic carbocycles. The number of carbonyl (C=O) groups is 2. The van der Waals surface area contributed by atoms with Crippen molar-refractivity contribution in [3.63, 3.8) is 0 Å². The van der Waals surface area contributed by atoms with Crippen molar-refractivity contribution in [1.29, 1.82) is 0 Å². The SMILES string of the molecule is CCOc1ccccc1C(=O)N1CCN(C(=O)c2ccc(OC)c(F)c2)CC1. The van der Waals surface area contributed by atoms with Crippen LogP contribution in [-0.2, 0) is 0 Å². The van der Waals surface area contributed by atoms with E-state index in [0.717, 1.165) is 0 Å². The number of carbonyl (C=O) groups excluding carboxylic acids is 2. The molecule has 2 aromatic rings. The Morgan fingerprint density at radius 1 is 0.964 bits per heavy atom. The Kier molecular flexibility index (Phi) is 6.13. The zero-order valence-electron chi connectivity index (χ0n) is 16.0. The van der Waals surface area contributed by atoms with Gasteiger partial charge in [-0.3, -0.25) is 9.59 Å². The predicted molar refractivity (Wildman–Crippen MR) is 102 cm³/mol. The molecule has 0 saturated carbocycles. The van der Waals surface area contributed by atoms with Gasteiger partial charge in [0.15, 0.2) is 11.6 Å². The fourth-order valence-corrected chi connectivity index (χ4v) is 3.19. The Labute approximate surface area is 163 Å². The summed E-state index contributed by atoms with van der Waals surface area (Å²) in [7, 11) is 1.37. The first kappa shape index (κ1) is 19.7. The number of para-hydroxylation sites is 1. The van der Waals surface area contributed by atoms with Gasteiger partial charge >= 0.3 is 0 Å². The highest BCUT2D eigenvalue weighted by molar-refractivity contribution is 5.97. The van der Waals surface area contributed by atoms with Crippen molar-refractivity contribution < 1.29 is 23.5 Å². The van der Waals surface area contributed by atoms with Gasteiger partial charge in [0.1, 0.15) is 5.75 Å². The highest BCUT2D eigenvalue weighted by Crippen LogP contribution is 2.22. The molecule has 0 N–H and O–H groups in total. The van der Waals surface area contributed by atoms with Gasteiger partial charge in [0.25, 0.3) is 11.8 Å². The Bertz CT molecular complexity index is 863. The summed E-state index contributed by atoms with van der Waals surface area (Å²) < 4.78 is 24.3. The number of piperazine rings is 1. The van der Waals surface area contributed by atoms with Gasteiger partial charge in [0.05, 0.1) is 19.3 Å². The first-order valence-electron chi connectivity index (χ1n) is 9.19. The van der Waals surface area contributed by atoms with Crippen LogP contribution >= 0.6 is 0 Å². The van der Waals surface area contributed by atoms with Crippen LogP contribution in [0.2, 0.25) is 0 Å². The van der Waals surface area contributed by atoms with Gasteiger partial charge < -0.3 is 19.3 Å². The molecule has 0 bridgehead atoms. The molecule has 0 unspecified atom stereocenters. The molecule has 0 spiro atoms. The maximum atomic E-state index is 13.9. The lowest BCUT2D eigenvalue weighted by molar-refractivity contribution is 0.0533. The summed E-state index contributed by atoms with van der Waals surface area (Å²) in [6.45, 7) is 3.93.